The van der Waals surface area contributed by atoms with E-state index in [0.29, 0.717) is 0 Å². The standard InChI is InChI=1S/C32H44N2O2/c35-30(32-22-25-19-26(23-32)21-27(20-25)24-32)11-12-33-13-15-34(16-14-33)17-18-36-31(28-7-3-1-4-8-28)29-9-5-2-6-10-29/h1-10,25-27,30-31,35H,11-24H2. The summed E-state index contributed by atoms with van der Waals surface area (Å²) in [6, 6.07) is 21.1. The molecule has 1 aliphatic heterocycles. The molecule has 4 saturated carbocycles. The predicted octanol–water partition coefficient (Wildman–Crippen LogP) is 5.38. The minimum Gasteiger partial charge on any atom is -0.393 e. The summed E-state index contributed by atoms with van der Waals surface area (Å²) < 4.78 is 6.45. The molecule has 0 aromatic heterocycles. The Morgan fingerprint density at radius 3 is 1.69 bits per heavy atom. The van der Waals surface area contributed by atoms with Crippen LogP contribution >= 0.6 is 0 Å². The molecule has 1 atom stereocenters. The fourth-order valence-electron chi connectivity index (χ4n) is 8.37. The van der Waals surface area contributed by atoms with Gasteiger partial charge in [0.15, 0.2) is 0 Å². The molecule has 7 rings (SSSR count). The molecule has 2 aromatic rings. The number of rotatable bonds is 10. The van der Waals surface area contributed by atoms with E-state index in [1.54, 1.807) is 0 Å². The van der Waals surface area contributed by atoms with Crippen molar-refractivity contribution in [2.24, 2.45) is 23.2 Å². The molecule has 4 bridgehead atoms. The number of benzene rings is 2. The molecular formula is C32H44N2O2. The molecule has 36 heavy (non-hydrogen) atoms. The van der Waals surface area contributed by atoms with Gasteiger partial charge < -0.3 is 14.7 Å². The van der Waals surface area contributed by atoms with E-state index in [4.69, 9.17) is 4.74 Å². The summed E-state index contributed by atoms with van der Waals surface area (Å²) in [6.45, 7) is 7.16. The highest BCUT2D eigenvalue weighted by Crippen LogP contribution is 2.61. The van der Waals surface area contributed by atoms with Crippen molar-refractivity contribution in [3.8, 4) is 0 Å². The molecule has 0 spiro atoms. The van der Waals surface area contributed by atoms with Crippen LogP contribution in [0.25, 0.3) is 0 Å². The smallest absolute Gasteiger partial charge is 0.108 e. The zero-order valence-electron chi connectivity index (χ0n) is 21.8. The molecule has 1 saturated heterocycles. The highest BCUT2D eigenvalue weighted by Gasteiger charge is 2.53. The Morgan fingerprint density at radius 2 is 1.19 bits per heavy atom. The molecule has 4 aliphatic carbocycles. The van der Waals surface area contributed by atoms with E-state index in [-0.39, 0.29) is 17.6 Å². The minimum atomic E-state index is -0.0924. The van der Waals surface area contributed by atoms with E-state index in [1.807, 2.05) is 0 Å². The largest absolute Gasteiger partial charge is 0.393 e. The zero-order valence-corrected chi connectivity index (χ0v) is 21.8. The predicted molar refractivity (Wildman–Crippen MR) is 145 cm³/mol. The Hall–Kier alpha value is -1.72. The van der Waals surface area contributed by atoms with Gasteiger partial charge in [-0.3, -0.25) is 4.90 Å². The molecule has 0 radical (unpaired) electrons. The SMILES string of the molecule is OC(CCN1CCN(CCOC(c2ccccc2)c2ccccc2)CC1)C12CC3CC(CC(C3)C1)C2. The van der Waals surface area contributed by atoms with E-state index >= 15 is 0 Å². The van der Waals surface area contributed by atoms with E-state index < -0.39 is 0 Å². The summed E-state index contributed by atoms with van der Waals surface area (Å²) in [7, 11) is 0. The van der Waals surface area contributed by atoms with Crippen LogP contribution < -0.4 is 0 Å². The van der Waals surface area contributed by atoms with E-state index in [0.717, 1.165) is 70.0 Å². The Labute approximate surface area is 217 Å². The molecule has 194 valence electrons. The fourth-order valence-corrected chi connectivity index (χ4v) is 8.37. The van der Waals surface area contributed by atoms with Crippen LogP contribution in [0.2, 0.25) is 0 Å². The first-order valence-corrected chi connectivity index (χ1v) is 14.5. The molecule has 4 heteroatoms. The lowest BCUT2D eigenvalue weighted by molar-refractivity contribution is -0.123. The van der Waals surface area contributed by atoms with Crippen molar-refractivity contribution in [1.29, 1.82) is 0 Å². The van der Waals surface area contributed by atoms with Crippen molar-refractivity contribution >= 4 is 0 Å². The van der Waals surface area contributed by atoms with Crippen LogP contribution in [0.3, 0.4) is 0 Å². The van der Waals surface area contributed by atoms with Crippen molar-refractivity contribution in [1.82, 2.24) is 9.80 Å². The topological polar surface area (TPSA) is 35.9 Å². The molecule has 4 nitrogen and oxygen atoms in total. The van der Waals surface area contributed by atoms with Gasteiger partial charge in [0, 0.05) is 39.3 Å². The highest BCUT2D eigenvalue weighted by molar-refractivity contribution is 5.29. The number of hydrogen-bond donors (Lipinski definition) is 1. The lowest BCUT2D eigenvalue weighted by Crippen LogP contribution is -2.53. The molecule has 5 aliphatic rings. The third-order valence-corrected chi connectivity index (χ3v) is 9.87. The Bertz CT molecular complexity index is 882. The van der Waals surface area contributed by atoms with Gasteiger partial charge in [0.1, 0.15) is 6.10 Å². The minimum absolute atomic E-state index is 0.0141. The van der Waals surface area contributed by atoms with E-state index in [2.05, 4.69) is 70.5 Å². The van der Waals surface area contributed by atoms with Gasteiger partial charge in [0.2, 0.25) is 0 Å². The molecule has 0 amide bonds. The average molecular weight is 489 g/mol. The van der Waals surface area contributed by atoms with Crippen LogP contribution in [-0.4, -0.2) is 66.9 Å². The van der Waals surface area contributed by atoms with Crippen molar-refractivity contribution in [2.45, 2.75) is 57.2 Å². The second-order valence-electron chi connectivity index (χ2n) is 12.3. The molecule has 1 unspecified atom stereocenters. The summed E-state index contributed by atoms with van der Waals surface area (Å²) in [6.07, 6.45) is 9.14. The van der Waals surface area contributed by atoms with Gasteiger partial charge in [0.25, 0.3) is 0 Å². The van der Waals surface area contributed by atoms with Crippen LogP contribution in [0.5, 0.6) is 0 Å². The highest BCUT2D eigenvalue weighted by atomic mass is 16.5. The van der Waals surface area contributed by atoms with Crippen LogP contribution in [0.1, 0.15) is 62.2 Å². The van der Waals surface area contributed by atoms with Gasteiger partial charge in [-0.15, -0.1) is 0 Å². The van der Waals surface area contributed by atoms with Gasteiger partial charge in [-0.1, -0.05) is 60.7 Å². The summed E-state index contributed by atoms with van der Waals surface area (Å²) in [4.78, 5) is 5.12. The molecule has 1 N–H and O–H groups in total. The van der Waals surface area contributed by atoms with Crippen LogP contribution in [0.15, 0.2) is 60.7 Å². The monoisotopic (exact) mass is 488 g/mol. The van der Waals surface area contributed by atoms with Gasteiger partial charge in [-0.25, -0.2) is 0 Å². The van der Waals surface area contributed by atoms with Crippen molar-refractivity contribution < 1.29 is 9.84 Å². The van der Waals surface area contributed by atoms with Gasteiger partial charge in [0.05, 0.1) is 12.7 Å². The Balaban J connectivity index is 0.944. The van der Waals surface area contributed by atoms with Crippen molar-refractivity contribution in [2.75, 3.05) is 45.9 Å². The first-order valence-electron chi connectivity index (χ1n) is 14.5. The summed E-state index contributed by atoms with van der Waals surface area (Å²) >= 11 is 0. The number of hydrogen-bond acceptors (Lipinski definition) is 4. The number of aliphatic hydroxyl groups excluding tert-OH is 1. The maximum absolute atomic E-state index is 11.3. The van der Waals surface area contributed by atoms with Gasteiger partial charge in [-0.2, -0.15) is 0 Å². The van der Waals surface area contributed by atoms with Gasteiger partial charge >= 0.3 is 0 Å². The molecular weight excluding hydrogens is 444 g/mol. The maximum Gasteiger partial charge on any atom is 0.108 e. The third-order valence-electron chi connectivity index (χ3n) is 9.87. The van der Waals surface area contributed by atoms with Crippen molar-refractivity contribution in [3.63, 3.8) is 0 Å². The second kappa shape index (κ2) is 10.9. The average Bonchev–Trinajstić information content (AvgIpc) is 2.91. The quantitative estimate of drug-likeness (QED) is 0.487. The summed E-state index contributed by atoms with van der Waals surface area (Å²) in [5.74, 6) is 2.75. The lowest BCUT2D eigenvalue weighted by atomic mass is 9.48. The number of aliphatic hydroxyl groups is 1. The Kier molecular flexibility index (Phi) is 7.48. The van der Waals surface area contributed by atoms with Gasteiger partial charge in [-0.05, 0) is 79.2 Å². The van der Waals surface area contributed by atoms with E-state index in [1.165, 1.54) is 49.7 Å². The van der Waals surface area contributed by atoms with Crippen LogP contribution in [0.4, 0.5) is 0 Å². The summed E-state index contributed by atoms with van der Waals surface area (Å²) in [5, 5.41) is 11.3. The molecule has 5 fully saturated rings. The normalized spacial score (nSPS) is 31.2. The number of ether oxygens (including phenoxy) is 1. The summed E-state index contributed by atoms with van der Waals surface area (Å²) in [5.41, 5.74) is 2.69. The lowest BCUT2D eigenvalue weighted by Gasteiger charge is -2.58. The van der Waals surface area contributed by atoms with Crippen LogP contribution in [-0.2, 0) is 4.74 Å². The number of nitrogens with zero attached hydrogens (tertiary/aromatic N) is 2. The fraction of sp³-hybridized carbons (Fsp3) is 0.625. The first-order chi connectivity index (χ1) is 17.7. The second-order valence-corrected chi connectivity index (χ2v) is 12.3. The Morgan fingerprint density at radius 1 is 0.722 bits per heavy atom. The molecule has 2 aromatic carbocycles. The van der Waals surface area contributed by atoms with Crippen molar-refractivity contribution in [3.05, 3.63) is 71.8 Å². The third kappa shape index (κ3) is 5.43. The number of piperazine rings is 1. The molecule has 1 heterocycles. The van der Waals surface area contributed by atoms with E-state index in [9.17, 15) is 5.11 Å². The first kappa shape index (κ1) is 24.6. The van der Waals surface area contributed by atoms with Crippen LogP contribution in [0, 0.1) is 23.2 Å². The zero-order chi connectivity index (χ0) is 24.4. The maximum atomic E-state index is 11.3.